The Kier molecular flexibility index (Phi) is 8.27. The third kappa shape index (κ3) is 6.45. The van der Waals surface area contributed by atoms with Crippen molar-refractivity contribution in [1.29, 1.82) is 0 Å². The van der Waals surface area contributed by atoms with E-state index in [2.05, 4.69) is 0 Å². The van der Waals surface area contributed by atoms with Crippen LogP contribution in [0.3, 0.4) is 0 Å². The molecule has 0 amide bonds. The average Bonchev–Trinajstić information content (AvgIpc) is 2.49. The van der Waals surface area contributed by atoms with Gasteiger partial charge in [-0.05, 0) is 37.1 Å². The first-order valence-corrected chi connectivity index (χ1v) is 7.03. The number of ketones is 1. The van der Waals surface area contributed by atoms with Crippen LogP contribution in [0.2, 0.25) is 0 Å². The molecule has 0 bridgehead atoms. The molecule has 0 saturated carbocycles. The van der Waals surface area contributed by atoms with Crippen molar-refractivity contribution in [3.8, 4) is 5.75 Å². The first kappa shape index (κ1) is 16.3. The van der Waals surface area contributed by atoms with E-state index < -0.39 is 6.67 Å². The van der Waals surface area contributed by atoms with Crippen molar-refractivity contribution in [2.45, 2.75) is 38.5 Å². The van der Waals surface area contributed by atoms with Gasteiger partial charge in [-0.3, -0.25) is 4.79 Å². The fraction of sp³-hybridized carbons (Fsp3) is 0.500. The summed E-state index contributed by atoms with van der Waals surface area (Å²) in [6.45, 7) is -0.487. The molecule has 0 radical (unpaired) electrons. The Morgan fingerprint density at radius 1 is 1.10 bits per heavy atom. The lowest BCUT2D eigenvalue weighted by molar-refractivity contribution is -0.107. The topological polar surface area (TPSA) is 43.4 Å². The molecule has 0 heterocycles. The fourth-order valence-corrected chi connectivity index (χ4v) is 1.90. The molecule has 1 rings (SSSR count). The van der Waals surface area contributed by atoms with Crippen molar-refractivity contribution in [3.63, 3.8) is 0 Å². The van der Waals surface area contributed by atoms with Gasteiger partial charge in [0.05, 0.1) is 0 Å². The molecule has 0 aromatic heterocycles. The molecule has 110 valence electrons. The second kappa shape index (κ2) is 10.1. The van der Waals surface area contributed by atoms with Crippen LogP contribution in [0.4, 0.5) is 4.39 Å². The molecule has 1 aromatic rings. The SMILES string of the molecule is O=CCCCCCCC(=O)c1ccc(OCC[18F])cc1. The van der Waals surface area contributed by atoms with E-state index in [4.69, 9.17) is 4.74 Å². The monoisotopic (exact) mass is 279 g/mol. The number of Topliss-reactive ketones (excluding diaryl/α,β-unsaturated/α-hetero) is 1. The van der Waals surface area contributed by atoms with E-state index in [1.54, 1.807) is 24.3 Å². The lowest BCUT2D eigenvalue weighted by Gasteiger charge is -2.05. The zero-order valence-corrected chi connectivity index (χ0v) is 11.6. The van der Waals surface area contributed by atoms with Crippen molar-refractivity contribution >= 4 is 12.1 Å². The van der Waals surface area contributed by atoms with Crippen LogP contribution in [0.15, 0.2) is 24.3 Å². The molecule has 20 heavy (non-hydrogen) atoms. The molecule has 0 aliphatic carbocycles. The first-order valence-electron chi connectivity index (χ1n) is 7.03. The predicted octanol–water partition coefficient (Wildman–Crippen LogP) is 3.76. The van der Waals surface area contributed by atoms with Crippen LogP contribution in [0.25, 0.3) is 0 Å². The molecule has 0 atom stereocenters. The van der Waals surface area contributed by atoms with Gasteiger partial charge < -0.3 is 9.53 Å². The molecule has 0 aliphatic rings. The Morgan fingerprint density at radius 2 is 1.80 bits per heavy atom. The predicted molar refractivity (Wildman–Crippen MR) is 76.0 cm³/mol. The van der Waals surface area contributed by atoms with Gasteiger partial charge >= 0.3 is 0 Å². The lowest BCUT2D eigenvalue weighted by Crippen LogP contribution is -2.01. The van der Waals surface area contributed by atoms with Gasteiger partial charge in [-0.25, -0.2) is 4.39 Å². The van der Waals surface area contributed by atoms with Crippen molar-refractivity contribution in [3.05, 3.63) is 29.8 Å². The summed E-state index contributed by atoms with van der Waals surface area (Å²) in [5.41, 5.74) is 0.658. The molecule has 0 N–H and O–H groups in total. The molecule has 4 heteroatoms. The van der Waals surface area contributed by atoms with Crippen LogP contribution in [0.5, 0.6) is 5.75 Å². The zero-order chi connectivity index (χ0) is 14.6. The average molecular weight is 279 g/mol. The second-order valence-electron chi connectivity index (χ2n) is 4.60. The quantitative estimate of drug-likeness (QED) is 0.352. The van der Waals surface area contributed by atoms with Crippen LogP contribution >= 0.6 is 0 Å². The van der Waals surface area contributed by atoms with E-state index in [1.165, 1.54) is 0 Å². The van der Waals surface area contributed by atoms with Crippen LogP contribution in [0.1, 0.15) is 48.9 Å². The van der Waals surface area contributed by atoms with Crippen LogP contribution < -0.4 is 4.74 Å². The first-order chi connectivity index (χ1) is 9.77. The van der Waals surface area contributed by atoms with E-state index in [9.17, 15) is 14.0 Å². The summed E-state index contributed by atoms with van der Waals surface area (Å²) < 4.78 is 17.0. The third-order valence-electron chi connectivity index (χ3n) is 3.00. The highest BCUT2D eigenvalue weighted by atomic mass is 18.2. The Morgan fingerprint density at radius 3 is 2.45 bits per heavy atom. The molecule has 0 spiro atoms. The van der Waals surface area contributed by atoms with Gasteiger partial charge in [-0.2, -0.15) is 0 Å². The minimum Gasteiger partial charge on any atom is -0.491 e. The van der Waals surface area contributed by atoms with Gasteiger partial charge in [-0.1, -0.05) is 12.8 Å². The Hall–Kier alpha value is -1.71. The molecule has 0 unspecified atom stereocenters. The molecule has 0 fully saturated rings. The normalized spacial score (nSPS) is 10.2. The van der Waals surface area contributed by atoms with Crippen LogP contribution in [-0.2, 0) is 4.79 Å². The maximum absolute atomic E-state index is 11.9. The number of benzene rings is 1. The minimum atomic E-state index is -0.523. The number of rotatable bonds is 11. The highest BCUT2D eigenvalue weighted by molar-refractivity contribution is 5.96. The summed E-state index contributed by atoms with van der Waals surface area (Å²) in [5, 5.41) is 0. The molecule has 0 saturated heterocycles. The van der Waals surface area contributed by atoms with Gasteiger partial charge in [0.25, 0.3) is 0 Å². The van der Waals surface area contributed by atoms with E-state index in [0.717, 1.165) is 32.0 Å². The van der Waals surface area contributed by atoms with Crippen molar-refractivity contribution in [1.82, 2.24) is 0 Å². The lowest BCUT2D eigenvalue weighted by atomic mass is 10.0. The minimum absolute atomic E-state index is 0.0358. The van der Waals surface area contributed by atoms with E-state index >= 15 is 0 Å². The number of carbonyl (C=O) groups is 2. The smallest absolute Gasteiger partial charge is 0.162 e. The molecule has 0 aliphatic heterocycles. The number of ether oxygens (including phenoxy) is 1. The maximum atomic E-state index is 11.9. The number of halogens is 1. The van der Waals surface area contributed by atoms with Gasteiger partial charge in [0.1, 0.15) is 25.3 Å². The fourth-order valence-electron chi connectivity index (χ4n) is 1.90. The molecule has 1 aromatic carbocycles. The van der Waals surface area contributed by atoms with Crippen molar-refractivity contribution in [2.75, 3.05) is 13.3 Å². The number of carbonyl (C=O) groups excluding carboxylic acids is 2. The number of hydrogen-bond donors (Lipinski definition) is 0. The Labute approximate surface area is 119 Å². The number of alkyl halides is 1. The second-order valence-corrected chi connectivity index (χ2v) is 4.60. The summed E-state index contributed by atoms with van der Waals surface area (Å²) in [5.74, 6) is 0.686. The summed E-state index contributed by atoms with van der Waals surface area (Å²) in [7, 11) is 0. The third-order valence-corrected chi connectivity index (χ3v) is 3.00. The van der Waals surface area contributed by atoms with Gasteiger partial charge in [0.2, 0.25) is 0 Å². The zero-order valence-electron chi connectivity index (χ0n) is 11.6. The number of unbranched alkanes of at least 4 members (excludes halogenated alkanes) is 4. The van der Waals surface area contributed by atoms with E-state index in [0.29, 0.717) is 24.2 Å². The standard InChI is InChI=1S/C16H21FO3/c17-11-13-20-15-9-7-14(8-10-15)16(19)6-4-2-1-3-5-12-18/h7-10,12H,1-6,11,13H2/i17-1. The molecule has 3 nitrogen and oxygen atoms in total. The van der Waals surface area contributed by atoms with Gasteiger partial charge in [-0.15, -0.1) is 0 Å². The van der Waals surface area contributed by atoms with Crippen LogP contribution in [0, 0.1) is 0 Å². The van der Waals surface area contributed by atoms with E-state index in [1.807, 2.05) is 0 Å². The van der Waals surface area contributed by atoms with Crippen LogP contribution in [-0.4, -0.2) is 25.4 Å². The maximum Gasteiger partial charge on any atom is 0.162 e. The summed E-state index contributed by atoms with van der Waals surface area (Å²) >= 11 is 0. The Balaban J connectivity index is 2.27. The molecular weight excluding hydrogens is 258 g/mol. The van der Waals surface area contributed by atoms with Crippen molar-refractivity contribution < 1.29 is 18.7 Å². The highest BCUT2D eigenvalue weighted by Gasteiger charge is 2.05. The number of hydrogen-bond acceptors (Lipinski definition) is 3. The summed E-state index contributed by atoms with van der Waals surface area (Å²) in [6.07, 6.45) is 5.76. The van der Waals surface area contributed by atoms with Gasteiger partial charge in [0.15, 0.2) is 5.78 Å². The van der Waals surface area contributed by atoms with Crippen molar-refractivity contribution in [2.24, 2.45) is 0 Å². The number of aldehydes is 1. The summed E-state index contributed by atoms with van der Waals surface area (Å²) in [6, 6.07) is 6.80. The van der Waals surface area contributed by atoms with E-state index in [-0.39, 0.29) is 12.4 Å². The molecular formula is C16H21FO3. The summed E-state index contributed by atoms with van der Waals surface area (Å²) in [4.78, 5) is 22.0. The van der Waals surface area contributed by atoms with Gasteiger partial charge in [0, 0.05) is 18.4 Å². The Bertz CT molecular complexity index is 401. The largest absolute Gasteiger partial charge is 0.491 e. The highest BCUT2D eigenvalue weighted by Crippen LogP contribution is 2.15.